The Bertz CT molecular complexity index is 504. The van der Waals surface area contributed by atoms with E-state index in [1.807, 2.05) is 0 Å². The molecule has 1 N–H and O–H groups in total. The Labute approximate surface area is 135 Å². The fourth-order valence-corrected chi connectivity index (χ4v) is 4.13. The Morgan fingerprint density at radius 1 is 1.29 bits per heavy atom. The van der Waals surface area contributed by atoms with Gasteiger partial charge in [0, 0.05) is 0 Å². The molecule has 0 radical (unpaired) electrons. The van der Waals surface area contributed by atoms with Crippen LogP contribution in [0.3, 0.4) is 0 Å². The third-order valence-corrected chi connectivity index (χ3v) is 5.02. The number of benzene rings is 1. The van der Waals surface area contributed by atoms with E-state index < -0.39 is 0 Å². The van der Waals surface area contributed by atoms with Crippen LogP contribution < -0.4 is 14.8 Å². The maximum absolute atomic E-state index is 5.78. The van der Waals surface area contributed by atoms with E-state index >= 15 is 0 Å². The van der Waals surface area contributed by atoms with Crippen LogP contribution in [-0.4, -0.2) is 26.3 Å². The van der Waals surface area contributed by atoms with Gasteiger partial charge in [0.25, 0.3) is 0 Å². The van der Waals surface area contributed by atoms with Crippen LogP contribution in [0.1, 0.15) is 38.2 Å². The van der Waals surface area contributed by atoms with Crippen LogP contribution >= 0.6 is 15.9 Å². The predicted octanol–water partition coefficient (Wildman–Crippen LogP) is 3.96. The molecule has 2 heterocycles. The number of ether oxygens (including phenoxy) is 2. The number of rotatable bonds is 3. The SMILES string of the molecule is CC(C)CC1CNCCC1c1cc(Br)c2c(c1)OCCO2. The van der Waals surface area contributed by atoms with E-state index in [9.17, 15) is 0 Å². The van der Waals surface area contributed by atoms with Crippen molar-refractivity contribution < 1.29 is 9.47 Å². The van der Waals surface area contributed by atoms with Crippen LogP contribution in [0, 0.1) is 11.8 Å². The molecule has 0 saturated carbocycles. The minimum Gasteiger partial charge on any atom is -0.486 e. The first kappa shape index (κ1) is 15.2. The molecule has 1 fully saturated rings. The molecule has 3 nitrogen and oxygen atoms in total. The summed E-state index contributed by atoms with van der Waals surface area (Å²) in [6, 6.07) is 4.43. The number of nitrogens with one attached hydrogen (secondary N) is 1. The van der Waals surface area contributed by atoms with Crippen molar-refractivity contribution in [1.82, 2.24) is 5.32 Å². The molecular formula is C17H24BrNO2. The first-order chi connectivity index (χ1) is 10.1. The zero-order valence-electron chi connectivity index (χ0n) is 12.8. The van der Waals surface area contributed by atoms with Crippen molar-refractivity contribution in [3.05, 3.63) is 22.2 Å². The van der Waals surface area contributed by atoms with E-state index in [0.717, 1.165) is 35.0 Å². The molecule has 1 aromatic carbocycles. The summed E-state index contributed by atoms with van der Waals surface area (Å²) < 4.78 is 12.5. The number of fused-ring (bicyclic) bond motifs is 1. The van der Waals surface area contributed by atoms with Crippen LogP contribution in [-0.2, 0) is 0 Å². The minimum absolute atomic E-state index is 0.612. The van der Waals surface area contributed by atoms with Crippen LogP contribution in [0.4, 0.5) is 0 Å². The summed E-state index contributed by atoms with van der Waals surface area (Å²) in [4.78, 5) is 0. The Morgan fingerprint density at radius 3 is 2.90 bits per heavy atom. The van der Waals surface area contributed by atoms with Gasteiger partial charge in [-0.1, -0.05) is 13.8 Å². The van der Waals surface area contributed by atoms with E-state index in [2.05, 4.69) is 47.2 Å². The number of hydrogen-bond acceptors (Lipinski definition) is 3. The van der Waals surface area contributed by atoms with E-state index in [1.54, 1.807) is 0 Å². The quantitative estimate of drug-likeness (QED) is 0.891. The summed E-state index contributed by atoms with van der Waals surface area (Å²) in [7, 11) is 0. The lowest BCUT2D eigenvalue weighted by Gasteiger charge is -2.34. The summed E-state index contributed by atoms with van der Waals surface area (Å²) in [5.74, 6) is 3.80. The summed E-state index contributed by atoms with van der Waals surface area (Å²) in [5.41, 5.74) is 1.39. The maximum atomic E-state index is 5.78. The highest BCUT2D eigenvalue weighted by Crippen LogP contribution is 2.43. The van der Waals surface area contributed by atoms with Crippen molar-refractivity contribution in [2.24, 2.45) is 11.8 Å². The zero-order valence-corrected chi connectivity index (χ0v) is 14.4. The summed E-state index contributed by atoms with van der Waals surface area (Å²) in [5, 5.41) is 3.55. The first-order valence-corrected chi connectivity index (χ1v) is 8.74. The molecule has 0 spiro atoms. The van der Waals surface area contributed by atoms with Gasteiger partial charge in [-0.15, -0.1) is 0 Å². The Balaban J connectivity index is 1.88. The summed E-state index contributed by atoms with van der Waals surface area (Å²) >= 11 is 3.65. The van der Waals surface area contributed by atoms with Gasteiger partial charge < -0.3 is 14.8 Å². The third-order valence-electron chi connectivity index (χ3n) is 4.43. The monoisotopic (exact) mass is 353 g/mol. The van der Waals surface area contributed by atoms with E-state index in [-0.39, 0.29) is 0 Å². The van der Waals surface area contributed by atoms with Gasteiger partial charge in [-0.25, -0.2) is 0 Å². The molecule has 4 heteroatoms. The standard InChI is InChI=1S/C17H24BrNO2/c1-11(2)7-13-10-19-4-3-14(13)12-8-15(18)17-16(9-12)20-5-6-21-17/h8-9,11,13-14,19H,3-7,10H2,1-2H3. The van der Waals surface area contributed by atoms with E-state index in [1.165, 1.54) is 18.4 Å². The van der Waals surface area contributed by atoms with Gasteiger partial charge in [0.15, 0.2) is 11.5 Å². The Kier molecular flexibility index (Phi) is 4.75. The van der Waals surface area contributed by atoms with Crippen LogP contribution in [0.2, 0.25) is 0 Å². The lowest BCUT2D eigenvalue weighted by atomic mass is 9.77. The van der Waals surface area contributed by atoms with E-state index in [0.29, 0.717) is 25.0 Å². The largest absolute Gasteiger partial charge is 0.486 e. The summed E-state index contributed by atoms with van der Waals surface area (Å²) in [6.45, 7) is 8.12. The second kappa shape index (κ2) is 6.57. The molecule has 3 rings (SSSR count). The predicted molar refractivity (Wildman–Crippen MR) is 88.3 cm³/mol. The fraction of sp³-hybridized carbons (Fsp3) is 0.647. The van der Waals surface area contributed by atoms with Crippen molar-refractivity contribution in [1.29, 1.82) is 0 Å². The molecule has 0 aliphatic carbocycles. The highest BCUT2D eigenvalue weighted by atomic mass is 79.9. The number of halogens is 1. The lowest BCUT2D eigenvalue weighted by molar-refractivity contribution is 0.169. The second-order valence-electron chi connectivity index (χ2n) is 6.52. The zero-order chi connectivity index (χ0) is 14.8. The molecule has 2 unspecified atom stereocenters. The molecule has 0 bridgehead atoms. The third kappa shape index (κ3) is 3.37. The Hall–Kier alpha value is -0.740. The average molecular weight is 354 g/mol. The van der Waals surface area contributed by atoms with Gasteiger partial charge in [0.2, 0.25) is 0 Å². The van der Waals surface area contributed by atoms with Gasteiger partial charge in [0.1, 0.15) is 13.2 Å². The Morgan fingerprint density at radius 2 is 2.10 bits per heavy atom. The molecule has 2 atom stereocenters. The number of hydrogen-bond donors (Lipinski definition) is 1. The van der Waals surface area contributed by atoms with Crippen molar-refractivity contribution >= 4 is 15.9 Å². The lowest BCUT2D eigenvalue weighted by Crippen LogP contribution is -2.36. The second-order valence-corrected chi connectivity index (χ2v) is 7.37. The molecule has 21 heavy (non-hydrogen) atoms. The first-order valence-electron chi connectivity index (χ1n) is 7.95. The van der Waals surface area contributed by atoms with Crippen LogP contribution in [0.25, 0.3) is 0 Å². The van der Waals surface area contributed by atoms with Crippen molar-refractivity contribution in [2.45, 2.75) is 32.6 Å². The van der Waals surface area contributed by atoms with Gasteiger partial charge in [-0.3, -0.25) is 0 Å². The van der Waals surface area contributed by atoms with E-state index in [4.69, 9.17) is 9.47 Å². The van der Waals surface area contributed by atoms with Gasteiger partial charge in [-0.2, -0.15) is 0 Å². The number of piperidine rings is 1. The average Bonchev–Trinajstić information content (AvgIpc) is 2.47. The van der Waals surface area contributed by atoms with Crippen molar-refractivity contribution in [3.63, 3.8) is 0 Å². The molecule has 0 amide bonds. The highest BCUT2D eigenvalue weighted by Gasteiger charge is 2.29. The van der Waals surface area contributed by atoms with Crippen LogP contribution in [0.15, 0.2) is 16.6 Å². The normalized spacial score (nSPS) is 25.1. The molecule has 116 valence electrons. The van der Waals surface area contributed by atoms with Crippen LogP contribution in [0.5, 0.6) is 11.5 Å². The molecule has 2 aliphatic heterocycles. The topological polar surface area (TPSA) is 30.5 Å². The summed E-state index contributed by atoms with van der Waals surface area (Å²) in [6.07, 6.45) is 2.47. The molecular weight excluding hydrogens is 330 g/mol. The smallest absolute Gasteiger partial charge is 0.175 e. The highest BCUT2D eigenvalue weighted by molar-refractivity contribution is 9.10. The molecule has 2 aliphatic rings. The van der Waals surface area contributed by atoms with Crippen molar-refractivity contribution in [3.8, 4) is 11.5 Å². The molecule has 0 aromatic heterocycles. The van der Waals surface area contributed by atoms with Crippen molar-refractivity contribution in [2.75, 3.05) is 26.3 Å². The molecule has 1 saturated heterocycles. The minimum atomic E-state index is 0.612. The fourth-order valence-electron chi connectivity index (χ4n) is 3.56. The van der Waals surface area contributed by atoms with Gasteiger partial charge in [0.05, 0.1) is 4.47 Å². The maximum Gasteiger partial charge on any atom is 0.175 e. The van der Waals surface area contributed by atoms with Gasteiger partial charge in [-0.05, 0) is 77.3 Å². The van der Waals surface area contributed by atoms with Gasteiger partial charge >= 0.3 is 0 Å². The molecule has 1 aromatic rings.